The van der Waals surface area contributed by atoms with Crippen LogP contribution in [0.4, 0.5) is 0 Å². The summed E-state index contributed by atoms with van der Waals surface area (Å²) in [6.07, 6.45) is 4.02. The molecule has 1 aromatic carbocycles. The summed E-state index contributed by atoms with van der Waals surface area (Å²) < 4.78 is 7.93. The summed E-state index contributed by atoms with van der Waals surface area (Å²) in [6.45, 7) is 8.46. The van der Waals surface area contributed by atoms with E-state index in [0.717, 1.165) is 59.5 Å². The highest BCUT2D eigenvalue weighted by molar-refractivity contribution is 8.26. The van der Waals surface area contributed by atoms with Crippen molar-refractivity contribution >= 4 is 39.9 Å². The molecule has 2 aromatic rings. The molecule has 0 atom stereocenters. The SMILES string of the molecule is CCOc1ccccc1-n1c(C)cc(/C=C2\C(=N)N3N=C(N4CCCC4)SC3=NC2=O)c1C. The van der Waals surface area contributed by atoms with Gasteiger partial charge in [-0.1, -0.05) is 12.1 Å². The molecule has 1 aromatic heterocycles. The highest BCUT2D eigenvalue weighted by atomic mass is 32.2. The van der Waals surface area contributed by atoms with Crippen molar-refractivity contribution in [1.29, 1.82) is 5.41 Å². The van der Waals surface area contributed by atoms with Gasteiger partial charge in [0.25, 0.3) is 5.91 Å². The number of benzene rings is 1. The van der Waals surface area contributed by atoms with Gasteiger partial charge in [-0.15, -0.1) is 5.10 Å². The van der Waals surface area contributed by atoms with Gasteiger partial charge in [-0.3, -0.25) is 10.2 Å². The first-order valence-corrected chi connectivity index (χ1v) is 12.0. The molecule has 1 N–H and O–H groups in total. The third-order valence-corrected chi connectivity index (χ3v) is 6.97. The fraction of sp³-hybridized carbons (Fsp3) is 0.333. The molecule has 0 radical (unpaired) electrons. The smallest absolute Gasteiger partial charge is 0.283 e. The summed E-state index contributed by atoms with van der Waals surface area (Å²) in [6, 6.07) is 9.92. The van der Waals surface area contributed by atoms with Gasteiger partial charge in [-0.25, -0.2) is 0 Å². The third-order valence-electron chi connectivity index (χ3n) is 6.00. The third kappa shape index (κ3) is 3.76. The number of aromatic nitrogens is 1. The van der Waals surface area contributed by atoms with Crippen LogP contribution in [0.3, 0.4) is 0 Å². The molecular formula is C24H26N6O2S. The molecule has 8 nitrogen and oxygen atoms in total. The number of nitrogens with one attached hydrogen (secondary N) is 1. The molecule has 3 aliphatic rings. The number of aryl methyl sites for hydroxylation is 1. The number of carbonyl (C=O) groups excluding carboxylic acids is 1. The lowest BCUT2D eigenvalue weighted by molar-refractivity contribution is -0.114. The first kappa shape index (κ1) is 21.5. The Kier molecular flexibility index (Phi) is 5.57. The van der Waals surface area contributed by atoms with Crippen LogP contribution < -0.4 is 4.74 Å². The number of thioether (sulfide) groups is 1. The van der Waals surface area contributed by atoms with Crippen molar-refractivity contribution in [2.45, 2.75) is 33.6 Å². The molecular weight excluding hydrogens is 436 g/mol. The van der Waals surface area contributed by atoms with E-state index in [4.69, 9.17) is 10.1 Å². The van der Waals surface area contributed by atoms with Crippen molar-refractivity contribution in [3.63, 3.8) is 0 Å². The van der Waals surface area contributed by atoms with E-state index in [2.05, 4.69) is 19.6 Å². The topological polar surface area (TPSA) is 86.3 Å². The molecule has 1 fully saturated rings. The number of fused-ring (bicyclic) bond motifs is 1. The van der Waals surface area contributed by atoms with E-state index < -0.39 is 5.91 Å². The molecule has 1 saturated heterocycles. The molecule has 0 bridgehead atoms. The Morgan fingerprint density at radius 2 is 1.94 bits per heavy atom. The number of ether oxygens (including phenoxy) is 1. The first-order chi connectivity index (χ1) is 16.0. The zero-order valence-corrected chi connectivity index (χ0v) is 19.8. The van der Waals surface area contributed by atoms with Crippen LogP contribution in [0.1, 0.15) is 36.7 Å². The molecule has 33 heavy (non-hydrogen) atoms. The van der Waals surface area contributed by atoms with Crippen molar-refractivity contribution in [2.24, 2.45) is 10.1 Å². The number of aliphatic imine (C=N–C) groups is 1. The number of hydrogen-bond donors (Lipinski definition) is 1. The van der Waals surface area contributed by atoms with Gasteiger partial charge in [0, 0.05) is 24.5 Å². The average molecular weight is 463 g/mol. The second-order valence-electron chi connectivity index (χ2n) is 8.16. The van der Waals surface area contributed by atoms with Gasteiger partial charge in [0.05, 0.1) is 17.9 Å². The molecule has 0 spiro atoms. The molecule has 9 heteroatoms. The Morgan fingerprint density at radius 1 is 1.18 bits per heavy atom. The average Bonchev–Trinajstić information content (AvgIpc) is 3.52. The predicted octanol–water partition coefficient (Wildman–Crippen LogP) is 4.17. The van der Waals surface area contributed by atoms with Gasteiger partial charge in [0.15, 0.2) is 11.0 Å². The minimum absolute atomic E-state index is 0.0613. The Bertz CT molecular complexity index is 1240. The summed E-state index contributed by atoms with van der Waals surface area (Å²) in [5, 5.41) is 16.0. The normalized spacial score (nSPS) is 19.3. The molecule has 0 unspecified atom stereocenters. The minimum atomic E-state index is -0.406. The highest BCUT2D eigenvalue weighted by Gasteiger charge is 2.37. The zero-order valence-electron chi connectivity index (χ0n) is 19.0. The highest BCUT2D eigenvalue weighted by Crippen LogP contribution is 2.33. The lowest BCUT2D eigenvalue weighted by atomic mass is 10.1. The standard InChI is InChI=1S/C24H26N6O2S/c1-4-32-20-10-6-5-9-19(20)29-15(2)13-17(16(29)3)14-18-21(25)30-23(26-22(18)31)33-24(27-30)28-11-7-8-12-28/h5-6,9-10,13-14,25H,4,7-8,11-12H2,1-3H3/b18-14+,25-21?. The minimum Gasteiger partial charge on any atom is -0.492 e. The van der Waals surface area contributed by atoms with Crippen molar-refractivity contribution in [1.82, 2.24) is 14.5 Å². The molecule has 3 aliphatic heterocycles. The summed E-state index contributed by atoms with van der Waals surface area (Å²) >= 11 is 1.37. The molecule has 0 saturated carbocycles. The van der Waals surface area contributed by atoms with Crippen LogP contribution >= 0.6 is 11.8 Å². The van der Waals surface area contributed by atoms with E-state index in [0.29, 0.717) is 11.8 Å². The number of amidine groups is 3. The number of hydrogen-bond acceptors (Lipinski definition) is 6. The quantitative estimate of drug-likeness (QED) is 0.690. The van der Waals surface area contributed by atoms with Crippen LogP contribution in [0.2, 0.25) is 0 Å². The lowest BCUT2D eigenvalue weighted by Crippen LogP contribution is -2.35. The maximum Gasteiger partial charge on any atom is 0.283 e. The first-order valence-electron chi connectivity index (χ1n) is 11.1. The number of likely N-dealkylation sites (tertiary alicyclic amines) is 1. The van der Waals surface area contributed by atoms with Gasteiger partial charge in [0.2, 0.25) is 5.17 Å². The number of carbonyl (C=O) groups is 1. The summed E-state index contributed by atoms with van der Waals surface area (Å²) in [5.41, 5.74) is 4.02. The van der Waals surface area contributed by atoms with E-state index in [1.165, 1.54) is 16.8 Å². The number of nitrogens with zero attached hydrogens (tertiary/aromatic N) is 5. The van der Waals surface area contributed by atoms with Crippen molar-refractivity contribution < 1.29 is 9.53 Å². The van der Waals surface area contributed by atoms with Gasteiger partial charge >= 0.3 is 0 Å². The monoisotopic (exact) mass is 462 g/mol. The van der Waals surface area contributed by atoms with Crippen molar-refractivity contribution in [2.75, 3.05) is 19.7 Å². The fourth-order valence-corrected chi connectivity index (χ4v) is 5.34. The summed E-state index contributed by atoms with van der Waals surface area (Å²) in [5.74, 6) is 0.456. The number of rotatable bonds is 4. The summed E-state index contributed by atoms with van der Waals surface area (Å²) in [7, 11) is 0. The maximum absolute atomic E-state index is 12.9. The molecule has 0 aliphatic carbocycles. The van der Waals surface area contributed by atoms with Crippen LogP contribution in [0.15, 0.2) is 46.0 Å². The van der Waals surface area contributed by atoms with E-state index in [9.17, 15) is 4.79 Å². The second-order valence-corrected chi connectivity index (χ2v) is 9.09. The molecule has 170 valence electrons. The number of hydrazone groups is 1. The van der Waals surface area contributed by atoms with Gasteiger partial charge < -0.3 is 14.2 Å². The fourth-order valence-electron chi connectivity index (χ4n) is 4.40. The Labute approximate surface area is 197 Å². The predicted molar refractivity (Wildman–Crippen MR) is 132 cm³/mol. The van der Waals surface area contributed by atoms with Crippen LogP contribution in [-0.2, 0) is 4.79 Å². The van der Waals surface area contributed by atoms with Crippen LogP contribution in [0.25, 0.3) is 11.8 Å². The molecule has 5 rings (SSSR count). The molecule has 1 amide bonds. The Balaban J connectivity index is 1.50. The van der Waals surface area contributed by atoms with E-state index in [-0.39, 0.29) is 11.4 Å². The van der Waals surface area contributed by atoms with Crippen molar-refractivity contribution in [3.05, 3.63) is 52.9 Å². The van der Waals surface area contributed by atoms with Crippen LogP contribution in [-0.4, -0.2) is 56.3 Å². The van der Waals surface area contributed by atoms with Crippen molar-refractivity contribution in [3.8, 4) is 11.4 Å². The van der Waals surface area contributed by atoms with Gasteiger partial charge in [-0.05, 0) is 75.2 Å². The molecule has 4 heterocycles. The largest absolute Gasteiger partial charge is 0.492 e. The lowest BCUT2D eigenvalue weighted by Gasteiger charge is -2.20. The van der Waals surface area contributed by atoms with Crippen LogP contribution in [0.5, 0.6) is 5.75 Å². The number of para-hydroxylation sites is 2. The van der Waals surface area contributed by atoms with Gasteiger partial charge in [-0.2, -0.15) is 10.0 Å². The maximum atomic E-state index is 12.9. The zero-order chi connectivity index (χ0) is 23.1. The summed E-state index contributed by atoms with van der Waals surface area (Å²) in [4.78, 5) is 19.3. The Hall–Kier alpha value is -3.33. The van der Waals surface area contributed by atoms with Gasteiger partial charge in [0.1, 0.15) is 5.75 Å². The van der Waals surface area contributed by atoms with Crippen LogP contribution in [0, 0.1) is 19.3 Å². The number of amides is 1. The van der Waals surface area contributed by atoms with E-state index in [1.807, 2.05) is 51.1 Å². The Morgan fingerprint density at radius 3 is 2.70 bits per heavy atom. The second kappa shape index (κ2) is 8.55. The van der Waals surface area contributed by atoms with E-state index >= 15 is 0 Å². The van der Waals surface area contributed by atoms with E-state index in [1.54, 1.807) is 6.08 Å².